The van der Waals surface area contributed by atoms with Gasteiger partial charge in [0.1, 0.15) is 0 Å². The molecule has 3 heterocycles. The van der Waals surface area contributed by atoms with E-state index >= 15 is 0 Å². The molecule has 4 heteroatoms. The zero-order valence-electron chi connectivity index (χ0n) is 16.7. The normalized spacial score (nSPS) is 23.2. The van der Waals surface area contributed by atoms with Crippen LogP contribution in [0.3, 0.4) is 0 Å². The number of aromatic nitrogens is 2. The van der Waals surface area contributed by atoms with Gasteiger partial charge in [0.05, 0.1) is 5.56 Å². The first kappa shape index (κ1) is 18.0. The van der Waals surface area contributed by atoms with Gasteiger partial charge in [0, 0.05) is 42.3 Å². The van der Waals surface area contributed by atoms with Gasteiger partial charge in [0.2, 0.25) is 0 Å². The summed E-state index contributed by atoms with van der Waals surface area (Å²) in [4.78, 5) is 24.2. The summed E-state index contributed by atoms with van der Waals surface area (Å²) < 4.78 is 0. The lowest BCUT2D eigenvalue weighted by Gasteiger charge is -2.50. The summed E-state index contributed by atoms with van der Waals surface area (Å²) in [5.74, 6) is 0.453. The molecule has 5 rings (SSSR count). The van der Waals surface area contributed by atoms with Crippen LogP contribution in [-0.4, -0.2) is 33.9 Å². The lowest BCUT2D eigenvalue weighted by Crippen LogP contribution is -2.55. The quantitative estimate of drug-likeness (QED) is 0.672. The topological polar surface area (TPSA) is 46.1 Å². The molecule has 1 aliphatic carbocycles. The minimum Gasteiger partial charge on any atom is -0.338 e. The summed E-state index contributed by atoms with van der Waals surface area (Å²) in [7, 11) is 0. The highest BCUT2D eigenvalue weighted by molar-refractivity contribution is 5.94. The van der Waals surface area contributed by atoms with Crippen LogP contribution in [0.25, 0.3) is 0 Å². The predicted molar refractivity (Wildman–Crippen MR) is 113 cm³/mol. The van der Waals surface area contributed by atoms with Crippen LogP contribution in [0.15, 0.2) is 67.0 Å². The van der Waals surface area contributed by atoms with Gasteiger partial charge < -0.3 is 4.90 Å². The number of fused-ring (bicyclic) bond motifs is 2. The first-order valence-electron chi connectivity index (χ1n) is 10.4. The number of aryl methyl sites for hydroxylation is 1. The third kappa shape index (κ3) is 3.13. The minimum absolute atomic E-state index is 0.00206. The largest absolute Gasteiger partial charge is 0.338 e. The molecule has 1 aromatic carbocycles. The lowest BCUT2D eigenvalue weighted by atomic mass is 9.59. The van der Waals surface area contributed by atoms with Crippen molar-refractivity contribution in [3.63, 3.8) is 0 Å². The van der Waals surface area contributed by atoms with Crippen molar-refractivity contribution in [1.29, 1.82) is 0 Å². The standard InChI is InChI=1S/C25H25N3O/c1-18-9-10-21(16-27-18)24(29)28-13-11-25(23-8-4-5-12-26-23)15-20-7-3-2-6-19(20)14-22(25)17-28/h2-10,12,16,22H,11,13-15,17H2,1H3. The van der Waals surface area contributed by atoms with Gasteiger partial charge in [-0.15, -0.1) is 0 Å². The van der Waals surface area contributed by atoms with E-state index in [1.807, 2.05) is 36.2 Å². The Bertz CT molecular complexity index is 1030. The van der Waals surface area contributed by atoms with Gasteiger partial charge in [-0.05, 0) is 67.5 Å². The first-order valence-corrected chi connectivity index (χ1v) is 10.4. The van der Waals surface area contributed by atoms with Crippen LogP contribution in [-0.2, 0) is 18.3 Å². The molecule has 146 valence electrons. The fourth-order valence-corrected chi connectivity index (χ4v) is 5.14. The second kappa shape index (κ2) is 7.11. The Hall–Kier alpha value is -3.01. The van der Waals surface area contributed by atoms with E-state index in [2.05, 4.69) is 41.4 Å². The van der Waals surface area contributed by atoms with Crippen LogP contribution in [0.4, 0.5) is 0 Å². The number of amides is 1. The van der Waals surface area contributed by atoms with Crippen LogP contribution >= 0.6 is 0 Å². The van der Waals surface area contributed by atoms with E-state index in [4.69, 9.17) is 4.98 Å². The monoisotopic (exact) mass is 383 g/mol. The number of likely N-dealkylation sites (tertiary alicyclic amines) is 1. The smallest absolute Gasteiger partial charge is 0.255 e. The molecule has 0 spiro atoms. The molecule has 2 aliphatic rings. The fraction of sp³-hybridized carbons (Fsp3) is 0.320. The number of pyridine rings is 2. The van der Waals surface area contributed by atoms with Crippen molar-refractivity contribution in [2.75, 3.05) is 13.1 Å². The van der Waals surface area contributed by atoms with Gasteiger partial charge in [0.15, 0.2) is 0 Å². The number of hydrogen-bond acceptors (Lipinski definition) is 3. The van der Waals surface area contributed by atoms with Gasteiger partial charge in [-0.2, -0.15) is 0 Å². The highest BCUT2D eigenvalue weighted by Gasteiger charge is 2.48. The Kier molecular flexibility index (Phi) is 4.42. The maximum absolute atomic E-state index is 13.1. The van der Waals surface area contributed by atoms with Crippen molar-refractivity contribution in [2.24, 2.45) is 5.92 Å². The van der Waals surface area contributed by atoms with Crippen molar-refractivity contribution in [1.82, 2.24) is 14.9 Å². The molecule has 3 aromatic rings. The Morgan fingerprint density at radius 1 is 1.03 bits per heavy atom. The third-order valence-electron chi connectivity index (χ3n) is 6.76. The van der Waals surface area contributed by atoms with E-state index in [9.17, 15) is 4.79 Å². The zero-order valence-corrected chi connectivity index (χ0v) is 16.7. The SMILES string of the molecule is Cc1ccc(C(=O)N2CCC3(c4ccccn4)Cc4ccccc4CC3C2)cn1. The van der Waals surface area contributed by atoms with Crippen molar-refractivity contribution < 1.29 is 4.79 Å². The number of piperidine rings is 1. The van der Waals surface area contributed by atoms with Crippen molar-refractivity contribution in [2.45, 2.75) is 31.6 Å². The first-order chi connectivity index (χ1) is 14.2. The van der Waals surface area contributed by atoms with E-state index in [-0.39, 0.29) is 11.3 Å². The average molecular weight is 383 g/mol. The van der Waals surface area contributed by atoms with Crippen LogP contribution < -0.4 is 0 Å². The van der Waals surface area contributed by atoms with Gasteiger partial charge in [-0.1, -0.05) is 30.3 Å². The predicted octanol–water partition coefficient (Wildman–Crippen LogP) is 3.98. The summed E-state index contributed by atoms with van der Waals surface area (Å²) in [5.41, 5.74) is 5.61. The Morgan fingerprint density at radius 2 is 1.86 bits per heavy atom. The number of carbonyl (C=O) groups excluding carboxylic acids is 1. The molecule has 1 saturated heterocycles. The summed E-state index contributed by atoms with van der Waals surface area (Å²) in [6.07, 6.45) is 6.53. The third-order valence-corrected chi connectivity index (χ3v) is 6.76. The summed E-state index contributed by atoms with van der Waals surface area (Å²) in [6.45, 7) is 3.45. The number of nitrogens with zero attached hydrogens (tertiary/aromatic N) is 3. The van der Waals surface area contributed by atoms with Gasteiger partial charge >= 0.3 is 0 Å². The van der Waals surface area contributed by atoms with Crippen LogP contribution in [0.2, 0.25) is 0 Å². The Balaban J connectivity index is 1.49. The molecule has 1 fully saturated rings. The molecular weight excluding hydrogens is 358 g/mol. The van der Waals surface area contributed by atoms with E-state index in [0.717, 1.165) is 38.0 Å². The number of hydrogen-bond donors (Lipinski definition) is 0. The van der Waals surface area contributed by atoms with Crippen molar-refractivity contribution in [3.8, 4) is 0 Å². The zero-order chi connectivity index (χ0) is 19.8. The van der Waals surface area contributed by atoms with E-state index in [1.54, 1.807) is 6.20 Å². The maximum atomic E-state index is 13.1. The molecule has 0 N–H and O–H groups in total. The van der Waals surface area contributed by atoms with E-state index in [0.29, 0.717) is 11.5 Å². The maximum Gasteiger partial charge on any atom is 0.255 e. The van der Waals surface area contributed by atoms with Crippen LogP contribution in [0.5, 0.6) is 0 Å². The fourth-order valence-electron chi connectivity index (χ4n) is 5.14. The highest BCUT2D eigenvalue weighted by atomic mass is 16.2. The molecule has 1 amide bonds. The molecule has 2 unspecified atom stereocenters. The summed E-state index contributed by atoms with van der Waals surface area (Å²) in [6, 6.07) is 18.8. The van der Waals surface area contributed by atoms with Crippen LogP contribution in [0.1, 0.15) is 39.3 Å². The van der Waals surface area contributed by atoms with Gasteiger partial charge in [-0.25, -0.2) is 0 Å². The van der Waals surface area contributed by atoms with Gasteiger partial charge in [-0.3, -0.25) is 14.8 Å². The van der Waals surface area contributed by atoms with Gasteiger partial charge in [0.25, 0.3) is 5.91 Å². The molecule has 4 nitrogen and oxygen atoms in total. The number of benzene rings is 1. The highest BCUT2D eigenvalue weighted by Crippen LogP contribution is 2.47. The molecule has 2 atom stereocenters. The Morgan fingerprint density at radius 3 is 2.62 bits per heavy atom. The molecule has 0 saturated carbocycles. The molecule has 0 radical (unpaired) electrons. The molecule has 1 aliphatic heterocycles. The summed E-state index contributed by atoms with van der Waals surface area (Å²) in [5, 5.41) is 0. The minimum atomic E-state index is -0.00206. The van der Waals surface area contributed by atoms with Crippen molar-refractivity contribution in [3.05, 3.63) is 95.1 Å². The number of carbonyl (C=O) groups is 1. The van der Waals surface area contributed by atoms with Crippen molar-refractivity contribution >= 4 is 5.91 Å². The number of rotatable bonds is 2. The molecule has 2 aromatic heterocycles. The molecule has 29 heavy (non-hydrogen) atoms. The average Bonchev–Trinajstić information content (AvgIpc) is 2.78. The second-order valence-electron chi connectivity index (χ2n) is 8.41. The van der Waals surface area contributed by atoms with Crippen LogP contribution in [0, 0.1) is 12.8 Å². The lowest BCUT2D eigenvalue weighted by molar-refractivity contribution is 0.0493. The summed E-state index contributed by atoms with van der Waals surface area (Å²) >= 11 is 0. The van der Waals surface area contributed by atoms with E-state index < -0.39 is 0 Å². The molecular formula is C25H25N3O. The Labute approximate surface area is 171 Å². The van der Waals surface area contributed by atoms with E-state index in [1.165, 1.54) is 16.8 Å². The second-order valence-corrected chi connectivity index (χ2v) is 8.41. The molecule has 0 bridgehead atoms.